The van der Waals surface area contributed by atoms with Gasteiger partial charge >= 0.3 is 0 Å². The number of aromatic amines is 1. The van der Waals surface area contributed by atoms with Crippen LogP contribution in [0.25, 0.3) is 10.9 Å². The predicted molar refractivity (Wildman–Crippen MR) is 106 cm³/mol. The first-order chi connectivity index (χ1) is 13.2. The number of amides is 1. The number of carbonyl (C=O) groups is 1. The van der Waals surface area contributed by atoms with Crippen LogP contribution in [0.1, 0.15) is 10.4 Å². The summed E-state index contributed by atoms with van der Waals surface area (Å²) in [5.74, 6) is 1.70. The van der Waals surface area contributed by atoms with Crippen molar-refractivity contribution in [2.75, 3.05) is 45.3 Å². The second-order valence-corrected chi connectivity index (χ2v) is 6.56. The SMILES string of the molecule is COc1ccc2c(C(=O)N3CCN(c4ccccc4OC)CC3)c[nH]c2c1. The van der Waals surface area contributed by atoms with Crippen LogP contribution in [0.2, 0.25) is 0 Å². The van der Waals surface area contributed by atoms with Crippen molar-refractivity contribution in [3.05, 3.63) is 54.2 Å². The van der Waals surface area contributed by atoms with E-state index < -0.39 is 0 Å². The summed E-state index contributed by atoms with van der Waals surface area (Å²) >= 11 is 0. The van der Waals surface area contributed by atoms with E-state index in [1.807, 2.05) is 41.3 Å². The van der Waals surface area contributed by atoms with Gasteiger partial charge in [-0.1, -0.05) is 12.1 Å². The Labute approximate surface area is 158 Å². The zero-order chi connectivity index (χ0) is 18.8. The number of aromatic nitrogens is 1. The molecule has 0 spiro atoms. The molecule has 140 valence electrons. The number of para-hydroxylation sites is 2. The highest BCUT2D eigenvalue weighted by Gasteiger charge is 2.25. The molecule has 1 aliphatic rings. The van der Waals surface area contributed by atoms with Crippen LogP contribution in [0.3, 0.4) is 0 Å². The van der Waals surface area contributed by atoms with Gasteiger partial charge in [-0.3, -0.25) is 4.79 Å². The van der Waals surface area contributed by atoms with Crippen molar-refractivity contribution in [2.45, 2.75) is 0 Å². The topological polar surface area (TPSA) is 57.8 Å². The second kappa shape index (κ2) is 7.23. The zero-order valence-corrected chi connectivity index (χ0v) is 15.6. The van der Waals surface area contributed by atoms with Crippen molar-refractivity contribution >= 4 is 22.5 Å². The summed E-state index contributed by atoms with van der Waals surface area (Å²) in [6.45, 7) is 2.92. The molecule has 6 heteroatoms. The first-order valence-corrected chi connectivity index (χ1v) is 9.03. The van der Waals surface area contributed by atoms with Crippen molar-refractivity contribution in [1.29, 1.82) is 0 Å². The second-order valence-electron chi connectivity index (χ2n) is 6.56. The van der Waals surface area contributed by atoms with E-state index in [0.29, 0.717) is 18.7 Å². The molecule has 0 bridgehead atoms. The Balaban J connectivity index is 1.49. The number of anilines is 1. The summed E-state index contributed by atoms with van der Waals surface area (Å²) in [4.78, 5) is 20.4. The number of benzene rings is 2. The molecule has 0 unspecified atom stereocenters. The maximum Gasteiger partial charge on any atom is 0.256 e. The number of ether oxygens (including phenoxy) is 2. The van der Waals surface area contributed by atoms with Crippen LogP contribution < -0.4 is 14.4 Å². The maximum absolute atomic E-state index is 13.0. The van der Waals surface area contributed by atoms with Crippen LogP contribution >= 0.6 is 0 Å². The first kappa shape index (κ1) is 17.3. The minimum atomic E-state index is 0.0612. The molecule has 0 aliphatic carbocycles. The third kappa shape index (κ3) is 3.18. The van der Waals surface area contributed by atoms with Crippen LogP contribution in [-0.4, -0.2) is 56.2 Å². The standard InChI is InChI=1S/C21H23N3O3/c1-26-15-7-8-16-17(14-22-18(16)13-15)21(25)24-11-9-23(10-12-24)19-5-3-4-6-20(19)27-2/h3-8,13-14,22H,9-12H2,1-2H3. The Morgan fingerprint density at radius 1 is 1.00 bits per heavy atom. The Bertz CT molecular complexity index is 958. The van der Waals surface area contributed by atoms with Gasteiger partial charge < -0.3 is 24.3 Å². The third-order valence-corrected chi connectivity index (χ3v) is 5.11. The first-order valence-electron chi connectivity index (χ1n) is 9.03. The van der Waals surface area contributed by atoms with E-state index in [2.05, 4.69) is 16.0 Å². The molecule has 0 radical (unpaired) electrons. The maximum atomic E-state index is 13.0. The summed E-state index contributed by atoms with van der Waals surface area (Å²) in [5.41, 5.74) is 2.69. The molecule has 1 amide bonds. The molecular weight excluding hydrogens is 342 g/mol. The zero-order valence-electron chi connectivity index (χ0n) is 15.6. The van der Waals surface area contributed by atoms with Crippen molar-refractivity contribution < 1.29 is 14.3 Å². The fourth-order valence-electron chi connectivity index (χ4n) is 3.62. The predicted octanol–water partition coefficient (Wildman–Crippen LogP) is 3.15. The van der Waals surface area contributed by atoms with E-state index in [1.54, 1.807) is 20.4 Å². The molecule has 27 heavy (non-hydrogen) atoms. The fraction of sp³-hybridized carbons (Fsp3) is 0.286. The van der Waals surface area contributed by atoms with Gasteiger partial charge in [-0.05, 0) is 24.3 Å². The lowest BCUT2D eigenvalue weighted by Crippen LogP contribution is -2.48. The number of H-pyrrole nitrogens is 1. The van der Waals surface area contributed by atoms with E-state index in [-0.39, 0.29) is 5.91 Å². The van der Waals surface area contributed by atoms with Gasteiger partial charge in [0.2, 0.25) is 0 Å². The molecule has 1 saturated heterocycles. The number of hydrogen-bond acceptors (Lipinski definition) is 4. The molecule has 2 heterocycles. The number of nitrogens with zero attached hydrogens (tertiary/aromatic N) is 2. The summed E-state index contributed by atoms with van der Waals surface area (Å²) < 4.78 is 10.7. The Morgan fingerprint density at radius 3 is 2.52 bits per heavy atom. The monoisotopic (exact) mass is 365 g/mol. The Kier molecular flexibility index (Phi) is 4.62. The highest BCUT2D eigenvalue weighted by Crippen LogP contribution is 2.29. The number of nitrogens with one attached hydrogen (secondary N) is 1. The number of fused-ring (bicyclic) bond motifs is 1. The molecular formula is C21H23N3O3. The molecule has 1 fully saturated rings. The molecule has 1 N–H and O–H groups in total. The van der Waals surface area contributed by atoms with Crippen molar-refractivity contribution in [3.63, 3.8) is 0 Å². The molecule has 4 rings (SSSR count). The lowest BCUT2D eigenvalue weighted by molar-refractivity contribution is 0.0748. The van der Waals surface area contributed by atoms with Gasteiger partial charge in [0.05, 0.1) is 25.5 Å². The largest absolute Gasteiger partial charge is 0.497 e. The molecule has 0 atom stereocenters. The van der Waals surface area contributed by atoms with Crippen molar-refractivity contribution in [1.82, 2.24) is 9.88 Å². The van der Waals surface area contributed by atoms with Crippen LogP contribution in [-0.2, 0) is 0 Å². The van der Waals surface area contributed by atoms with E-state index in [4.69, 9.17) is 9.47 Å². The van der Waals surface area contributed by atoms with Gasteiger partial charge in [0.25, 0.3) is 5.91 Å². The molecule has 0 saturated carbocycles. The summed E-state index contributed by atoms with van der Waals surface area (Å²) in [7, 11) is 3.32. The van der Waals surface area contributed by atoms with Gasteiger partial charge in [-0.2, -0.15) is 0 Å². The van der Waals surface area contributed by atoms with Crippen molar-refractivity contribution in [3.8, 4) is 11.5 Å². The van der Waals surface area contributed by atoms with E-state index in [1.165, 1.54) is 0 Å². The minimum absolute atomic E-state index is 0.0612. The Morgan fingerprint density at radius 2 is 1.78 bits per heavy atom. The number of methoxy groups -OCH3 is 2. The number of hydrogen-bond donors (Lipinski definition) is 1. The average Bonchev–Trinajstić information content (AvgIpc) is 3.16. The van der Waals surface area contributed by atoms with E-state index in [9.17, 15) is 4.79 Å². The van der Waals surface area contributed by atoms with Gasteiger partial charge in [0.15, 0.2) is 0 Å². The third-order valence-electron chi connectivity index (χ3n) is 5.11. The number of rotatable bonds is 4. The molecule has 6 nitrogen and oxygen atoms in total. The lowest BCUT2D eigenvalue weighted by Gasteiger charge is -2.36. The number of piperazine rings is 1. The molecule has 1 aromatic heterocycles. The fourth-order valence-corrected chi connectivity index (χ4v) is 3.62. The molecule has 1 aliphatic heterocycles. The summed E-state index contributed by atoms with van der Waals surface area (Å²) in [5, 5.41) is 0.924. The van der Waals surface area contributed by atoms with Crippen LogP contribution in [0.5, 0.6) is 11.5 Å². The highest BCUT2D eigenvalue weighted by atomic mass is 16.5. The van der Waals surface area contributed by atoms with Gasteiger partial charge in [-0.15, -0.1) is 0 Å². The lowest BCUT2D eigenvalue weighted by atomic mass is 10.1. The van der Waals surface area contributed by atoms with Crippen molar-refractivity contribution in [2.24, 2.45) is 0 Å². The minimum Gasteiger partial charge on any atom is -0.497 e. The normalized spacial score (nSPS) is 14.4. The van der Waals surface area contributed by atoms with Gasteiger partial charge in [0, 0.05) is 49.3 Å². The van der Waals surface area contributed by atoms with Gasteiger partial charge in [0.1, 0.15) is 11.5 Å². The van der Waals surface area contributed by atoms with Crippen LogP contribution in [0, 0.1) is 0 Å². The highest BCUT2D eigenvalue weighted by molar-refractivity contribution is 6.07. The number of carbonyl (C=O) groups excluding carboxylic acids is 1. The smallest absolute Gasteiger partial charge is 0.256 e. The summed E-state index contributed by atoms with van der Waals surface area (Å²) in [6.07, 6.45) is 1.79. The average molecular weight is 365 g/mol. The Hall–Kier alpha value is -3.15. The summed E-state index contributed by atoms with van der Waals surface area (Å²) in [6, 6.07) is 13.7. The van der Waals surface area contributed by atoms with Crippen LogP contribution in [0.4, 0.5) is 5.69 Å². The molecule has 2 aromatic carbocycles. The van der Waals surface area contributed by atoms with E-state index in [0.717, 1.165) is 41.2 Å². The molecule has 3 aromatic rings. The van der Waals surface area contributed by atoms with E-state index >= 15 is 0 Å². The van der Waals surface area contributed by atoms with Gasteiger partial charge in [-0.25, -0.2) is 0 Å². The van der Waals surface area contributed by atoms with Crippen LogP contribution in [0.15, 0.2) is 48.7 Å². The quantitative estimate of drug-likeness (QED) is 0.772.